The van der Waals surface area contributed by atoms with E-state index in [-0.39, 0.29) is 29.1 Å². The molecule has 0 amide bonds. The summed E-state index contributed by atoms with van der Waals surface area (Å²) in [5.41, 5.74) is 1.13. The van der Waals surface area contributed by atoms with Crippen LogP contribution >= 0.6 is 12.4 Å². The second kappa shape index (κ2) is 6.84. The Bertz CT molecular complexity index is 422. The number of ether oxygens (including phenoxy) is 1. The lowest BCUT2D eigenvalue weighted by molar-refractivity contribution is -0.384. The molecule has 0 saturated carbocycles. The van der Waals surface area contributed by atoms with Gasteiger partial charge in [0.15, 0.2) is 0 Å². The van der Waals surface area contributed by atoms with E-state index in [4.69, 9.17) is 4.74 Å². The first-order valence-corrected chi connectivity index (χ1v) is 6.18. The fourth-order valence-corrected chi connectivity index (χ4v) is 2.15. The van der Waals surface area contributed by atoms with Gasteiger partial charge in [-0.2, -0.15) is 0 Å². The Morgan fingerprint density at radius 1 is 1.37 bits per heavy atom. The molecule has 0 N–H and O–H groups in total. The van der Waals surface area contributed by atoms with Gasteiger partial charge in [-0.3, -0.25) is 15.0 Å². The predicted octanol–water partition coefficient (Wildman–Crippen LogP) is 2.80. The van der Waals surface area contributed by atoms with Crippen molar-refractivity contribution in [2.75, 3.05) is 19.7 Å². The minimum absolute atomic E-state index is 0. The van der Waals surface area contributed by atoms with Crippen LogP contribution in [-0.4, -0.2) is 35.6 Å². The van der Waals surface area contributed by atoms with E-state index in [1.807, 2.05) is 0 Å². The van der Waals surface area contributed by atoms with Crippen molar-refractivity contribution in [1.82, 2.24) is 4.90 Å². The topological polar surface area (TPSA) is 55.6 Å². The van der Waals surface area contributed by atoms with E-state index in [9.17, 15) is 10.1 Å². The highest BCUT2D eigenvalue weighted by atomic mass is 35.5. The van der Waals surface area contributed by atoms with Crippen LogP contribution in [0, 0.1) is 10.1 Å². The average Bonchev–Trinajstić information content (AvgIpc) is 2.39. The average molecular weight is 287 g/mol. The third-order valence-electron chi connectivity index (χ3n) is 3.30. The number of halogens is 1. The van der Waals surface area contributed by atoms with Gasteiger partial charge in [-0.05, 0) is 31.5 Å². The molecular weight excluding hydrogens is 268 g/mol. The molecule has 1 aromatic rings. The quantitative estimate of drug-likeness (QED) is 0.633. The Balaban J connectivity index is 0.00000180. The number of nitro groups is 1. The van der Waals surface area contributed by atoms with Gasteiger partial charge in [-0.1, -0.05) is 0 Å². The first-order chi connectivity index (χ1) is 8.58. The maximum atomic E-state index is 10.6. The van der Waals surface area contributed by atoms with Crippen molar-refractivity contribution in [1.29, 1.82) is 0 Å². The Morgan fingerprint density at radius 2 is 2.00 bits per heavy atom. The van der Waals surface area contributed by atoms with Crippen molar-refractivity contribution in [3.05, 3.63) is 39.9 Å². The van der Waals surface area contributed by atoms with Crippen molar-refractivity contribution < 1.29 is 9.66 Å². The van der Waals surface area contributed by atoms with E-state index in [1.165, 1.54) is 12.1 Å². The number of rotatable bonds is 3. The van der Waals surface area contributed by atoms with Crippen LogP contribution in [0.5, 0.6) is 0 Å². The monoisotopic (exact) mass is 286 g/mol. The molecule has 1 aliphatic heterocycles. The zero-order valence-corrected chi connectivity index (χ0v) is 11.9. The molecule has 1 aliphatic rings. The van der Waals surface area contributed by atoms with Crippen LogP contribution in [-0.2, 0) is 4.74 Å². The maximum absolute atomic E-state index is 10.6. The molecule has 1 unspecified atom stereocenters. The highest BCUT2D eigenvalue weighted by molar-refractivity contribution is 5.85. The third kappa shape index (κ3) is 3.89. The molecule has 5 nitrogen and oxygen atoms in total. The second-order valence-corrected chi connectivity index (χ2v) is 4.80. The highest BCUT2D eigenvalue weighted by Crippen LogP contribution is 2.25. The predicted molar refractivity (Wildman–Crippen MR) is 75.7 cm³/mol. The van der Waals surface area contributed by atoms with Crippen LogP contribution in [0.4, 0.5) is 5.69 Å². The highest BCUT2D eigenvalue weighted by Gasteiger charge is 2.23. The fourth-order valence-electron chi connectivity index (χ4n) is 2.15. The largest absolute Gasteiger partial charge is 0.371 e. The smallest absolute Gasteiger partial charge is 0.269 e. The van der Waals surface area contributed by atoms with Crippen molar-refractivity contribution >= 4 is 18.1 Å². The fraction of sp³-hybridized carbons (Fsp3) is 0.538. The SMILES string of the molecule is CC(C)N1CCOC(c2ccc([N+](=O)[O-])cc2)C1.Cl. The van der Waals surface area contributed by atoms with Crippen molar-refractivity contribution in [2.45, 2.75) is 26.0 Å². The molecule has 1 heterocycles. The molecule has 0 aliphatic carbocycles. The normalized spacial score (nSPS) is 20.1. The lowest BCUT2D eigenvalue weighted by Crippen LogP contribution is -2.42. The molecule has 1 atom stereocenters. The van der Waals surface area contributed by atoms with E-state index in [0.29, 0.717) is 12.6 Å². The summed E-state index contributed by atoms with van der Waals surface area (Å²) < 4.78 is 5.73. The van der Waals surface area contributed by atoms with Crippen LogP contribution in [0.2, 0.25) is 0 Å². The standard InChI is InChI=1S/C13H18N2O3.ClH/c1-10(2)14-7-8-18-13(9-14)11-3-5-12(6-4-11)15(16)17;/h3-6,10,13H,7-9H2,1-2H3;1H. The van der Waals surface area contributed by atoms with Crippen LogP contribution in [0.15, 0.2) is 24.3 Å². The molecule has 0 bridgehead atoms. The van der Waals surface area contributed by atoms with Gasteiger partial charge in [-0.15, -0.1) is 12.4 Å². The molecule has 1 fully saturated rings. The van der Waals surface area contributed by atoms with E-state index in [1.54, 1.807) is 12.1 Å². The number of benzene rings is 1. The Morgan fingerprint density at radius 3 is 2.53 bits per heavy atom. The summed E-state index contributed by atoms with van der Waals surface area (Å²) in [6.07, 6.45) is 0.0157. The van der Waals surface area contributed by atoms with Gasteiger partial charge in [0.1, 0.15) is 0 Å². The zero-order chi connectivity index (χ0) is 13.1. The molecule has 6 heteroatoms. The molecule has 0 spiro atoms. The van der Waals surface area contributed by atoms with Crippen LogP contribution < -0.4 is 0 Å². The third-order valence-corrected chi connectivity index (χ3v) is 3.30. The minimum atomic E-state index is -0.383. The van der Waals surface area contributed by atoms with E-state index in [2.05, 4.69) is 18.7 Å². The zero-order valence-electron chi connectivity index (χ0n) is 11.1. The molecule has 2 rings (SSSR count). The molecule has 1 saturated heterocycles. The first-order valence-electron chi connectivity index (χ1n) is 6.18. The van der Waals surface area contributed by atoms with Gasteiger partial charge in [0.2, 0.25) is 0 Å². The number of non-ortho nitro benzene ring substituents is 1. The van der Waals surface area contributed by atoms with Gasteiger partial charge in [-0.25, -0.2) is 0 Å². The van der Waals surface area contributed by atoms with Crippen LogP contribution in [0.1, 0.15) is 25.5 Å². The summed E-state index contributed by atoms with van der Waals surface area (Å²) in [5, 5.41) is 10.6. The lowest BCUT2D eigenvalue weighted by atomic mass is 10.1. The van der Waals surface area contributed by atoms with Gasteiger partial charge in [0, 0.05) is 31.3 Å². The van der Waals surface area contributed by atoms with E-state index >= 15 is 0 Å². The lowest BCUT2D eigenvalue weighted by Gasteiger charge is -2.35. The molecular formula is C13H19ClN2O3. The summed E-state index contributed by atoms with van der Waals surface area (Å²) in [6.45, 7) is 6.83. The van der Waals surface area contributed by atoms with Crippen molar-refractivity contribution in [3.8, 4) is 0 Å². The van der Waals surface area contributed by atoms with Crippen LogP contribution in [0.25, 0.3) is 0 Å². The number of hydrogen-bond donors (Lipinski definition) is 0. The molecule has 0 radical (unpaired) electrons. The first kappa shape index (κ1) is 15.9. The summed E-state index contributed by atoms with van der Waals surface area (Å²) >= 11 is 0. The van der Waals surface area contributed by atoms with E-state index in [0.717, 1.165) is 18.7 Å². The number of hydrogen-bond acceptors (Lipinski definition) is 4. The Kier molecular flexibility index (Phi) is 5.72. The molecule has 1 aromatic carbocycles. The summed E-state index contributed by atoms with van der Waals surface area (Å²) in [7, 11) is 0. The summed E-state index contributed by atoms with van der Waals surface area (Å²) in [6, 6.07) is 7.13. The van der Waals surface area contributed by atoms with Gasteiger partial charge in [0.25, 0.3) is 5.69 Å². The minimum Gasteiger partial charge on any atom is -0.371 e. The molecule has 19 heavy (non-hydrogen) atoms. The van der Waals surface area contributed by atoms with Crippen LogP contribution in [0.3, 0.4) is 0 Å². The van der Waals surface area contributed by atoms with Crippen molar-refractivity contribution in [3.63, 3.8) is 0 Å². The number of nitro benzene ring substituents is 1. The van der Waals surface area contributed by atoms with Gasteiger partial charge >= 0.3 is 0 Å². The molecule has 0 aromatic heterocycles. The maximum Gasteiger partial charge on any atom is 0.269 e. The number of nitrogens with zero attached hydrogens (tertiary/aromatic N) is 2. The Hall–Kier alpha value is -1.17. The summed E-state index contributed by atoms with van der Waals surface area (Å²) in [5.74, 6) is 0. The van der Waals surface area contributed by atoms with E-state index < -0.39 is 0 Å². The Labute approximate surface area is 119 Å². The van der Waals surface area contributed by atoms with Crippen molar-refractivity contribution in [2.24, 2.45) is 0 Å². The number of morpholine rings is 1. The second-order valence-electron chi connectivity index (χ2n) is 4.80. The van der Waals surface area contributed by atoms with Gasteiger partial charge < -0.3 is 4.74 Å². The summed E-state index contributed by atoms with van der Waals surface area (Å²) in [4.78, 5) is 12.6. The molecule has 106 valence electrons. The van der Waals surface area contributed by atoms with Gasteiger partial charge in [0.05, 0.1) is 17.6 Å².